The van der Waals surface area contributed by atoms with Gasteiger partial charge in [-0.15, -0.1) is 0 Å². The number of carbonyl (C=O) groups is 2. The van der Waals surface area contributed by atoms with Gasteiger partial charge in [0.25, 0.3) is 15.7 Å². The lowest BCUT2D eigenvalue weighted by Gasteiger charge is -2.34. The molecule has 0 radical (unpaired) electrons. The van der Waals surface area contributed by atoms with Gasteiger partial charge in [0.05, 0.1) is 15.5 Å². The van der Waals surface area contributed by atoms with Gasteiger partial charge in [-0.3, -0.25) is 24.0 Å². The predicted molar refractivity (Wildman–Crippen MR) is 169 cm³/mol. The van der Waals surface area contributed by atoms with Crippen molar-refractivity contribution in [2.75, 3.05) is 17.4 Å². The largest absolute Gasteiger partial charge is 0.355 e. The summed E-state index contributed by atoms with van der Waals surface area (Å²) in [5, 5.41) is 14.5. The minimum atomic E-state index is -4.32. The van der Waals surface area contributed by atoms with Gasteiger partial charge in [-0.2, -0.15) is 0 Å². The van der Waals surface area contributed by atoms with Crippen LogP contribution in [0.4, 0.5) is 11.4 Å². The molecule has 12 heteroatoms. The summed E-state index contributed by atoms with van der Waals surface area (Å²) in [6.45, 7) is 1.31. The maximum atomic E-state index is 14.3. The van der Waals surface area contributed by atoms with E-state index in [9.17, 15) is 28.1 Å². The summed E-state index contributed by atoms with van der Waals surface area (Å²) >= 11 is 6.47. The number of nitro benzene ring substituents is 1. The van der Waals surface area contributed by atoms with Gasteiger partial charge in [-0.1, -0.05) is 78.3 Å². The summed E-state index contributed by atoms with van der Waals surface area (Å²) in [6.07, 6.45) is 0.159. The Labute approximate surface area is 261 Å². The second-order valence-electron chi connectivity index (χ2n) is 9.81. The monoisotopic (exact) mass is 634 g/mol. The number of nitro groups is 1. The van der Waals surface area contributed by atoms with Crippen molar-refractivity contribution in [3.63, 3.8) is 0 Å². The summed E-state index contributed by atoms with van der Waals surface area (Å²) in [6, 6.07) is 27.5. The van der Waals surface area contributed by atoms with E-state index in [2.05, 4.69) is 5.32 Å². The van der Waals surface area contributed by atoms with Crippen LogP contribution in [0.15, 0.2) is 114 Å². The van der Waals surface area contributed by atoms with E-state index >= 15 is 0 Å². The number of benzene rings is 4. The van der Waals surface area contributed by atoms with Crippen LogP contribution in [0.3, 0.4) is 0 Å². The van der Waals surface area contributed by atoms with Gasteiger partial charge in [0.1, 0.15) is 12.6 Å². The zero-order valence-electron chi connectivity index (χ0n) is 23.9. The Balaban J connectivity index is 1.81. The van der Waals surface area contributed by atoms with E-state index in [4.69, 9.17) is 11.6 Å². The number of nitrogens with zero attached hydrogens (tertiary/aromatic N) is 3. The average Bonchev–Trinajstić information content (AvgIpc) is 3.03. The topological polar surface area (TPSA) is 130 Å². The van der Waals surface area contributed by atoms with E-state index in [-0.39, 0.29) is 29.2 Å². The van der Waals surface area contributed by atoms with Crippen LogP contribution in [0.1, 0.15) is 18.1 Å². The molecule has 4 aromatic rings. The van der Waals surface area contributed by atoms with Gasteiger partial charge in [-0.05, 0) is 48.4 Å². The molecule has 0 heterocycles. The third-order valence-electron chi connectivity index (χ3n) is 6.88. The van der Waals surface area contributed by atoms with Crippen LogP contribution in [0.2, 0.25) is 5.02 Å². The molecule has 0 bridgehead atoms. The third kappa shape index (κ3) is 7.80. The third-order valence-corrected chi connectivity index (χ3v) is 9.04. The van der Waals surface area contributed by atoms with Crippen LogP contribution in [-0.4, -0.2) is 49.2 Å². The normalized spacial score (nSPS) is 11.8. The van der Waals surface area contributed by atoms with E-state index in [0.717, 1.165) is 9.87 Å². The van der Waals surface area contributed by atoms with Crippen LogP contribution in [0.5, 0.6) is 0 Å². The van der Waals surface area contributed by atoms with Gasteiger partial charge >= 0.3 is 0 Å². The van der Waals surface area contributed by atoms with E-state index in [1.165, 1.54) is 41.3 Å². The molecule has 4 rings (SSSR count). The zero-order chi connectivity index (χ0) is 31.7. The number of amides is 2. The molecule has 44 heavy (non-hydrogen) atoms. The predicted octanol–water partition coefficient (Wildman–Crippen LogP) is 5.22. The Morgan fingerprint density at radius 1 is 0.886 bits per heavy atom. The Morgan fingerprint density at radius 2 is 1.48 bits per heavy atom. The molecule has 1 atom stereocenters. The molecule has 0 aliphatic rings. The molecule has 1 N–H and O–H groups in total. The Hall–Kier alpha value is -4.74. The van der Waals surface area contributed by atoms with E-state index < -0.39 is 39.3 Å². The van der Waals surface area contributed by atoms with Gasteiger partial charge in [0, 0.05) is 36.7 Å². The first-order valence-electron chi connectivity index (χ1n) is 13.8. The summed E-state index contributed by atoms with van der Waals surface area (Å²) in [5.74, 6) is -1.08. The highest BCUT2D eigenvalue weighted by atomic mass is 35.5. The van der Waals surface area contributed by atoms with Crippen molar-refractivity contribution in [2.45, 2.75) is 30.8 Å². The Morgan fingerprint density at radius 3 is 2.07 bits per heavy atom. The van der Waals surface area contributed by atoms with Crippen molar-refractivity contribution in [3.05, 3.63) is 135 Å². The van der Waals surface area contributed by atoms with Crippen LogP contribution in [0.25, 0.3) is 0 Å². The highest BCUT2D eigenvalue weighted by molar-refractivity contribution is 7.92. The number of likely N-dealkylation sites (N-methyl/N-ethyl adjacent to an activating group) is 1. The number of non-ortho nitro benzene ring substituents is 1. The summed E-state index contributed by atoms with van der Waals surface area (Å²) in [4.78, 5) is 39.8. The quantitative estimate of drug-likeness (QED) is 0.159. The first-order chi connectivity index (χ1) is 21.1. The van der Waals surface area contributed by atoms with Gasteiger partial charge in [0.15, 0.2) is 0 Å². The molecule has 0 aliphatic carbocycles. The first kappa shape index (κ1) is 32.2. The van der Waals surface area contributed by atoms with Crippen LogP contribution in [0, 0.1) is 10.1 Å². The molecule has 2 amide bonds. The van der Waals surface area contributed by atoms with Crippen LogP contribution >= 0.6 is 11.6 Å². The summed E-state index contributed by atoms with van der Waals surface area (Å²) < 4.78 is 28.8. The Kier molecular flexibility index (Phi) is 10.7. The molecule has 0 spiro atoms. The molecule has 0 unspecified atom stereocenters. The molecular formula is C32H31ClN4O6S. The van der Waals surface area contributed by atoms with Crippen LogP contribution < -0.4 is 9.62 Å². The fraction of sp³-hybridized carbons (Fsp3) is 0.188. The molecule has 0 saturated carbocycles. The van der Waals surface area contributed by atoms with E-state index in [0.29, 0.717) is 17.1 Å². The van der Waals surface area contributed by atoms with Gasteiger partial charge in [0.2, 0.25) is 11.8 Å². The Bertz CT molecular complexity index is 1700. The lowest BCUT2D eigenvalue weighted by molar-refractivity contribution is -0.384. The number of rotatable bonds is 13. The molecular weight excluding hydrogens is 604 g/mol. The molecule has 0 fully saturated rings. The second-order valence-corrected chi connectivity index (χ2v) is 12.1. The molecule has 228 valence electrons. The maximum Gasteiger partial charge on any atom is 0.269 e. The molecule has 4 aromatic carbocycles. The summed E-state index contributed by atoms with van der Waals surface area (Å²) in [7, 11) is -4.32. The lowest BCUT2D eigenvalue weighted by atomic mass is 10.0. The van der Waals surface area contributed by atoms with Crippen molar-refractivity contribution in [2.24, 2.45) is 0 Å². The van der Waals surface area contributed by atoms with Crippen molar-refractivity contribution in [1.29, 1.82) is 0 Å². The fourth-order valence-corrected chi connectivity index (χ4v) is 6.28. The number of hydrogen-bond donors (Lipinski definition) is 1. The second kappa shape index (κ2) is 14.6. The SMILES string of the molecule is CCNC(=O)[C@@H](Cc1ccccc1)N(Cc1ccccc1Cl)C(=O)CN(c1ccc([N+](=O)[O-])cc1)S(=O)(=O)c1ccccc1. The molecule has 0 aliphatic heterocycles. The number of sulfonamides is 1. The van der Waals surface area contributed by atoms with Crippen molar-refractivity contribution in [1.82, 2.24) is 10.2 Å². The zero-order valence-corrected chi connectivity index (χ0v) is 25.4. The van der Waals surface area contributed by atoms with Crippen LogP contribution in [-0.2, 0) is 32.6 Å². The number of nitrogens with one attached hydrogen (secondary N) is 1. The lowest BCUT2D eigenvalue weighted by Crippen LogP contribution is -2.53. The van der Waals surface area contributed by atoms with Crippen molar-refractivity contribution in [3.8, 4) is 0 Å². The number of anilines is 1. The minimum Gasteiger partial charge on any atom is -0.355 e. The standard InChI is InChI=1S/C32H31ClN4O6S/c1-2-34-32(39)30(21-24-11-5-3-6-12-24)35(22-25-13-9-10-16-29(25)33)31(38)23-36(26-17-19-27(20-18-26)37(40)41)44(42,43)28-14-7-4-8-15-28/h3-20,30H,2,21-23H2,1H3,(H,34,39)/t30-/m1/s1. The fourth-order valence-electron chi connectivity index (χ4n) is 4.65. The van der Waals surface area contributed by atoms with E-state index in [1.807, 2.05) is 30.3 Å². The number of hydrogen-bond acceptors (Lipinski definition) is 6. The molecule has 10 nitrogen and oxygen atoms in total. The number of carbonyl (C=O) groups excluding carboxylic acids is 2. The highest BCUT2D eigenvalue weighted by Crippen LogP contribution is 2.27. The summed E-state index contributed by atoms with van der Waals surface area (Å²) in [5.41, 5.74) is 1.17. The van der Waals surface area contributed by atoms with E-state index in [1.54, 1.807) is 49.4 Å². The highest BCUT2D eigenvalue weighted by Gasteiger charge is 2.34. The molecule has 0 aromatic heterocycles. The smallest absolute Gasteiger partial charge is 0.269 e. The number of halogens is 1. The minimum absolute atomic E-state index is 0.0446. The van der Waals surface area contributed by atoms with Crippen molar-refractivity contribution >= 4 is 44.8 Å². The van der Waals surface area contributed by atoms with Gasteiger partial charge in [-0.25, -0.2) is 8.42 Å². The first-order valence-corrected chi connectivity index (χ1v) is 15.6. The van der Waals surface area contributed by atoms with Crippen molar-refractivity contribution < 1.29 is 22.9 Å². The maximum absolute atomic E-state index is 14.3. The van der Waals surface area contributed by atoms with Gasteiger partial charge < -0.3 is 10.2 Å². The average molecular weight is 635 g/mol. The molecule has 0 saturated heterocycles.